The molecule has 1 saturated heterocycles. The summed E-state index contributed by atoms with van der Waals surface area (Å²) in [5.41, 5.74) is 3.82. The van der Waals surface area contributed by atoms with Crippen LogP contribution in [0.25, 0.3) is 22.6 Å². The third kappa shape index (κ3) is 3.19. The monoisotopic (exact) mass is 340 g/mol. The second kappa shape index (κ2) is 6.58. The van der Waals surface area contributed by atoms with E-state index in [1.807, 2.05) is 30.3 Å². The van der Waals surface area contributed by atoms with Gasteiger partial charge in [0.2, 0.25) is 5.89 Å². The molecule has 1 aliphatic rings. The Balaban J connectivity index is 1.60. The first-order valence-corrected chi connectivity index (χ1v) is 8.93. The maximum absolute atomic E-state index is 6.25. The molecular weight excluding hydrogens is 320 g/mol. The number of hydrogen-bond acceptors (Lipinski definition) is 3. The lowest BCUT2D eigenvalue weighted by atomic mass is 10.00. The zero-order valence-electron chi connectivity index (χ0n) is 13.8. The minimum atomic E-state index is 0.583. The lowest BCUT2D eigenvalue weighted by Gasteiger charge is -2.30. The molecule has 0 aliphatic carbocycles. The number of rotatable bonds is 3. The van der Waals surface area contributed by atoms with Gasteiger partial charge in [0.05, 0.1) is 10.6 Å². The van der Waals surface area contributed by atoms with Gasteiger partial charge in [0, 0.05) is 13.1 Å². The van der Waals surface area contributed by atoms with Crippen molar-refractivity contribution in [2.45, 2.75) is 26.3 Å². The average Bonchev–Trinajstić information content (AvgIpc) is 2.98. The Labute approximate surface area is 147 Å². The summed E-state index contributed by atoms with van der Waals surface area (Å²) in [7, 11) is 0. The fourth-order valence-corrected chi connectivity index (χ4v) is 3.73. The van der Waals surface area contributed by atoms with Gasteiger partial charge in [0.1, 0.15) is 5.52 Å². The maximum Gasteiger partial charge on any atom is 0.228 e. The number of nitrogens with zero attached hydrogens (tertiary/aromatic N) is 2. The molecule has 0 unspecified atom stereocenters. The molecule has 4 heteroatoms. The van der Waals surface area contributed by atoms with E-state index in [-0.39, 0.29) is 0 Å². The summed E-state index contributed by atoms with van der Waals surface area (Å²) in [6, 6.07) is 13.9. The van der Waals surface area contributed by atoms with Crippen LogP contribution in [0, 0.1) is 5.92 Å². The molecular formula is C20H21ClN2O. The highest BCUT2D eigenvalue weighted by molar-refractivity contribution is 6.33. The van der Waals surface area contributed by atoms with Crippen molar-refractivity contribution in [3.63, 3.8) is 0 Å². The molecule has 0 spiro atoms. The van der Waals surface area contributed by atoms with Crippen LogP contribution in [-0.4, -0.2) is 23.0 Å². The highest BCUT2D eigenvalue weighted by atomic mass is 35.5. The summed E-state index contributed by atoms with van der Waals surface area (Å²) in [5.74, 6) is 1.38. The van der Waals surface area contributed by atoms with E-state index >= 15 is 0 Å². The molecule has 1 fully saturated rings. The third-order valence-corrected chi connectivity index (χ3v) is 5.03. The fraction of sp³-hybridized carbons (Fsp3) is 0.350. The molecule has 4 rings (SSSR count). The van der Waals surface area contributed by atoms with Crippen LogP contribution in [0.4, 0.5) is 0 Å². The van der Waals surface area contributed by atoms with Gasteiger partial charge in [-0.15, -0.1) is 0 Å². The predicted molar refractivity (Wildman–Crippen MR) is 98.1 cm³/mol. The van der Waals surface area contributed by atoms with Crippen LogP contribution in [0.5, 0.6) is 0 Å². The number of benzene rings is 2. The summed E-state index contributed by atoms with van der Waals surface area (Å²) in [6.45, 7) is 5.69. The lowest BCUT2D eigenvalue weighted by molar-refractivity contribution is 0.176. The second-order valence-corrected chi connectivity index (χ2v) is 7.19. The molecule has 3 aromatic rings. The van der Waals surface area contributed by atoms with E-state index in [4.69, 9.17) is 16.0 Å². The molecule has 0 amide bonds. The van der Waals surface area contributed by atoms with Crippen LogP contribution in [0.1, 0.15) is 25.3 Å². The van der Waals surface area contributed by atoms with Crippen LogP contribution < -0.4 is 0 Å². The van der Waals surface area contributed by atoms with Gasteiger partial charge >= 0.3 is 0 Å². The van der Waals surface area contributed by atoms with Crippen molar-refractivity contribution in [1.29, 1.82) is 0 Å². The van der Waals surface area contributed by atoms with E-state index in [0.29, 0.717) is 10.9 Å². The van der Waals surface area contributed by atoms with Crippen molar-refractivity contribution in [3.05, 3.63) is 53.1 Å². The normalized spacial score (nSPS) is 19.0. The minimum absolute atomic E-state index is 0.583. The number of fused-ring (bicyclic) bond motifs is 1. The molecule has 24 heavy (non-hydrogen) atoms. The van der Waals surface area contributed by atoms with Gasteiger partial charge in [0.15, 0.2) is 5.58 Å². The number of piperidine rings is 1. The van der Waals surface area contributed by atoms with E-state index in [1.165, 1.54) is 31.5 Å². The first kappa shape index (κ1) is 15.7. The van der Waals surface area contributed by atoms with E-state index in [0.717, 1.165) is 29.1 Å². The van der Waals surface area contributed by atoms with Gasteiger partial charge in [-0.25, -0.2) is 4.98 Å². The van der Waals surface area contributed by atoms with Crippen LogP contribution in [0.15, 0.2) is 46.9 Å². The van der Waals surface area contributed by atoms with Crippen molar-refractivity contribution < 1.29 is 4.42 Å². The van der Waals surface area contributed by atoms with Gasteiger partial charge in [-0.2, -0.15) is 0 Å². The zero-order chi connectivity index (χ0) is 16.5. The quantitative estimate of drug-likeness (QED) is 0.641. The number of hydrogen-bond donors (Lipinski definition) is 0. The summed E-state index contributed by atoms with van der Waals surface area (Å²) in [6.07, 6.45) is 2.64. The molecule has 2 aromatic carbocycles. The fourth-order valence-electron chi connectivity index (χ4n) is 3.51. The molecule has 0 radical (unpaired) electrons. The van der Waals surface area contributed by atoms with Gasteiger partial charge in [-0.3, -0.25) is 4.90 Å². The Kier molecular flexibility index (Phi) is 4.30. The van der Waals surface area contributed by atoms with Crippen molar-refractivity contribution >= 4 is 22.7 Å². The highest BCUT2D eigenvalue weighted by Gasteiger charge is 2.17. The Bertz CT molecular complexity index is 858. The molecule has 0 N–H and O–H groups in total. The Morgan fingerprint density at radius 2 is 2.12 bits per heavy atom. The maximum atomic E-state index is 6.25. The van der Waals surface area contributed by atoms with Crippen LogP contribution in [-0.2, 0) is 6.54 Å². The molecule has 1 aromatic heterocycles. The Morgan fingerprint density at radius 1 is 1.25 bits per heavy atom. The largest absolute Gasteiger partial charge is 0.436 e. The highest BCUT2D eigenvalue weighted by Crippen LogP contribution is 2.30. The number of aromatic nitrogens is 1. The number of oxazole rings is 1. The number of halogens is 1. The minimum Gasteiger partial charge on any atom is -0.436 e. The van der Waals surface area contributed by atoms with E-state index < -0.39 is 0 Å². The first-order chi connectivity index (χ1) is 11.7. The molecule has 0 saturated carbocycles. The topological polar surface area (TPSA) is 29.3 Å². The zero-order valence-corrected chi connectivity index (χ0v) is 14.6. The molecule has 1 aliphatic heterocycles. The molecule has 1 atom stereocenters. The van der Waals surface area contributed by atoms with Crippen molar-refractivity contribution in [1.82, 2.24) is 9.88 Å². The van der Waals surface area contributed by atoms with Crippen molar-refractivity contribution in [2.75, 3.05) is 13.1 Å². The molecule has 3 nitrogen and oxygen atoms in total. The Morgan fingerprint density at radius 3 is 2.96 bits per heavy atom. The van der Waals surface area contributed by atoms with Crippen LogP contribution in [0.2, 0.25) is 5.02 Å². The summed E-state index contributed by atoms with van der Waals surface area (Å²) in [5, 5.41) is 0.659. The lowest BCUT2D eigenvalue weighted by Crippen LogP contribution is -2.33. The summed E-state index contributed by atoms with van der Waals surface area (Å²) in [4.78, 5) is 7.17. The molecule has 0 bridgehead atoms. The SMILES string of the molecule is C[C@H]1CCCN(Cc2ccc3oc(-c4ccccc4Cl)nc3c2)C1. The third-order valence-electron chi connectivity index (χ3n) is 4.70. The van der Waals surface area contributed by atoms with E-state index in [1.54, 1.807) is 0 Å². The molecule has 2 heterocycles. The number of likely N-dealkylation sites (tertiary alicyclic amines) is 1. The van der Waals surface area contributed by atoms with E-state index in [2.05, 4.69) is 28.9 Å². The smallest absolute Gasteiger partial charge is 0.228 e. The average molecular weight is 341 g/mol. The standard InChI is InChI=1S/C20H21ClN2O/c1-14-5-4-10-23(12-14)13-15-8-9-19-18(11-15)22-20(24-19)16-6-2-3-7-17(16)21/h2-3,6-9,11,14H,4-5,10,12-13H2,1H3/t14-/m0/s1. The first-order valence-electron chi connectivity index (χ1n) is 8.56. The summed E-state index contributed by atoms with van der Waals surface area (Å²) >= 11 is 6.25. The van der Waals surface area contributed by atoms with Crippen molar-refractivity contribution in [3.8, 4) is 11.5 Å². The summed E-state index contributed by atoms with van der Waals surface area (Å²) < 4.78 is 5.89. The van der Waals surface area contributed by atoms with Crippen LogP contribution >= 0.6 is 11.6 Å². The van der Waals surface area contributed by atoms with E-state index in [9.17, 15) is 0 Å². The van der Waals surface area contributed by atoms with Gasteiger partial charge in [-0.05, 0) is 55.1 Å². The van der Waals surface area contributed by atoms with Gasteiger partial charge < -0.3 is 4.42 Å². The predicted octanol–water partition coefficient (Wildman–Crippen LogP) is 5.38. The van der Waals surface area contributed by atoms with Crippen LogP contribution in [0.3, 0.4) is 0 Å². The second-order valence-electron chi connectivity index (χ2n) is 6.78. The molecule has 124 valence electrons. The van der Waals surface area contributed by atoms with Gasteiger partial charge in [-0.1, -0.05) is 36.7 Å². The van der Waals surface area contributed by atoms with Gasteiger partial charge in [0.25, 0.3) is 0 Å². The Hall–Kier alpha value is -1.84. The van der Waals surface area contributed by atoms with Crippen molar-refractivity contribution in [2.24, 2.45) is 5.92 Å².